The van der Waals surface area contributed by atoms with E-state index in [-0.39, 0.29) is 5.69 Å². The van der Waals surface area contributed by atoms with Gasteiger partial charge in [-0.05, 0) is 49.7 Å². The SMILES string of the molecule is COc1ccc(C(C)(C)C(=O)Nc2ccc(C#N)c(C(F)(F)F)c2)cc1. The Balaban J connectivity index is 2.29. The zero-order chi connectivity index (χ0) is 19.5. The molecule has 2 aromatic carbocycles. The van der Waals surface area contributed by atoms with E-state index in [1.165, 1.54) is 19.2 Å². The van der Waals surface area contributed by atoms with Gasteiger partial charge in [-0.25, -0.2) is 0 Å². The summed E-state index contributed by atoms with van der Waals surface area (Å²) in [6, 6.07) is 11.4. The van der Waals surface area contributed by atoms with Crippen molar-refractivity contribution >= 4 is 11.6 Å². The van der Waals surface area contributed by atoms with Crippen LogP contribution in [0, 0.1) is 11.3 Å². The first kappa shape index (κ1) is 19.3. The van der Waals surface area contributed by atoms with Crippen molar-refractivity contribution in [2.24, 2.45) is 0 Å². The highest BCUT2D eigenvalue weighted by atomic mass is 19.4. The van der Waals surface area contributed by atoms with E-state index in [4.69, 9.17) is 10.00 Å². The third-order valence-electron chi connectivity index (χ3n) is 4.08. The number of rotatable bonds is 4. The molecule has 0 aliphatic carbocycles. The van der Waals surface area contributed by atoms with E-state index in [0.717, 1.165) is 12.1 Å². The summed E-state index contributed by atoms with van der Waals surface area (Å²) < 4.78 is 44.2. The Bertz CT molecular complexity index is 851. The lowest BCUT2D eigenvalue weighted by atomic mass is 9.83. The van der Waals surface area contributed by atoms with Crippen LogP contribution in [-0.4, -0.2) is 13.0 Å². The number of carbonyl (C=O) groups excluding carboxylic acids is 1. The molecule has 7 heteroatoms. The number of benzene rings is 2. The summed E-state index contributed by atoms with van der Waals surface area (Å²) in [4.78, 5) is 12.6. The highest BCUT2D eigenvalue weighted by Gasteiger charge is 2.35. The van der Waals surface area contributed by atoms with E-state index in [1.54, 1.807) is 38.1 Å². The van der Waals surface area contributed by atoms with Crippen LogP contribution >= 0.6 is 0 Å². The van der Waals surface area contributed by atoms with E-state index in [1.807, 2.05) is 0 Å². The predicted molar refractivity (Wildman–Crippen MR) is 90.8 cm³/mol. The molecule has 0 radical (unpaired) electrons. The summed E-state index contributed by atoms with van der Waals surface area (Å²) in [6.45, 7) is 3.33. The summed E-state index contributed by atoms with van der Waals surface area (Å²) in [5.41, 5.74) is -1.91. The molecular weight excluding hydrogens is 345 g/mol. The van der Waals surface area contributed by atoms with Crippen molar-refractivity contribution in [2.45, 2.75) is 25.4 Å². The molecule has 0 saturated heterocycles. The maximum absolute atomic E-state index is 13.0. The van der Waals surface area contributed by atoms with Crippen LogP contribution in [0.15, 0.2) is 42.5 Å². The number of halogens is 3. The fourth-order valence-electron chi connectivity index (χ4n) is 2.38. The molecule has 2 rings (SSSR count). The van der Waals surface area contributed by atoms with Gasteiger partial charge in [0.1, 0.15) is 5.75 Å². The Hall–Kier alpha value is -3.01. The number of amides is 1. The Kier molecular flexibility index (Phi) is 5.26. The average Bonchev–Trinajstić information content (AvgIpc) is 2.60. The van der Waals surface area contributed by atoms with E-state index in [9.17, 15) is 18.0 Å². The van der Waals surface area contributed by atoms with Gasteiger partial charge in [0.05, 0.1) is 29.7 Å². The standard InChI is InChI=1S/C19H17F3N2O2/c1-18(2,13-5-8-15(26-3)9-6-13)17(25)24-14-7-4-12(11-23)16(10-14)19(20,21)22/h4-10H,1-3H3,(H,24,25). The van der Waals surface area contributed by atoms with Gasteiger partial charge in [-0.2, -0.15) is 18.4 Å². The second kappa shape index (κ2) is 7.08. The zero-order valence-electron chi connectivity index (χ0n) is 14.4. The number of anilines is 1. The largest absolute Gasteiger partial charge is 0.497 e. The van der Waals surface area contributed by atoms with Gasteiger partial charge in [-0.3, -0.25) is 4.79 Å². The predicted octanol–water partition coefficient (Wildman–Crippen LogP) is 4.50. The van der Waals surface area contributed by atoms with Crippen molar-refractivity contribution in [3.63, 3.8) is 0 Å². The fourth-order valence-corrected chi connectivity index (χ4v) is 2.38. The van der Waals surface area contributed by atoms with Crippen molar-refractivity contribution in [1.29, 1.82) is 5.26 Å². The zero-order valence-corrected chi connectivity index (χ0v) is 14.4. The van der Waals surface area contributed by atoms with Gasteiger partial charge in [-0.1, -0.05) is 12.1 Å². The number of carbonyl (C=O) groups is 1. The van der Waals surface area contributed by atoms with Crippen LogP contribution in [0.25, 0.3) is 0 Å². The molecule has 0 spiro atoms. The van der Waals surface area contributed by atoms with Gasteiger partial charge < -0.3 is 10.1 Å². The molecule has 1 amide bonds. The summed E-state index contributed by atoms with van der Waals surface area (Å²) >= 11 is 0. The molecule has 0 aliphatic heterocycles. The smallest absolute Gasteiger partial charge is 0.417 e. The Labute approximate surface area is 149 Å². The fraction of sp³-hybridized carbons (Fsp3) is 0.263. The van der Waals surface area contributed by atoms with Crippen LogP contribution in [0.4, 0.5) is 18.9 Å². The number of hydrogen-bond donors (Lipinski definition) is 1. The van der Waals surface area contributed by atoms with Crippen LogP contribution in [0.1, 0.15) is 30.5 Å². The molecular formula is C19H17F3N2O2. The second-order valence-electron chi connectivity index (χ2n) is 6.18. The minimum Gasteiger partial charge on any atom is -0.497 e. The lowest BCUT2D eigenvalue weighted by molar-refractivity contribution is -0.137. The molecule has 0 bridgehead atoms. The summed E-state index contributed by atoms with van der Waals surface area (Å²) in [7, 11) is 1.52. The molecule has 0 fully saturated rings. The first-order valence-electron chi connectivity index (χ1n) is 7.67. The number of hydrogen-bond acceptors (Lipinski definition) is 3. The molecule has 136 valence electrons. The van der Waals surface area contributed by atoms with E-state index >= 15 is 0 Å². The van der Waals surface area contributed by atoms with Crippen LogP contribution in [0.2, 0.25) is 0 Å². The monoisotopic (exact) mass is 362 g/mol. The number of alkyl halides is 3. The van der Waals surface area contributed by atoms with Gasteiger partial charge in [-0.15, -0.1) is 0 Å². The van der Waals surface area contributed by atoms with Crippen molar-refractivity contribution in [2.75, 3.05) is 12.4 Å². The van der Waals surface area contributed by atoms with Crippen LogP contribution < -0.4 is 10.1 Å². The van der Waals surface area contributed by atoms with E-state index < -0.39 is 28.6 Å². The second-order valence-corrected chi connectivity index (χ2v) is 6.18. The quantitative estimate of drug-likeness (QED) is 0.871. The first-order valence-corrected chi connectivity index (χ1v) is 7.67. The van der Waals surface area contributed by atoms with Crippen molar-refractivity contribution < 1.29 is 22.7 Å². The number of nitriles is 1. The van der Waals surface area contributed by atoms with Gasteiger partial charge in [0.2, 0.25) is 5.91 Å². The lowest BCUT2D eigenvalue weighted by Crippen LogP contribution is -2.34. The Morgan fingerprint density at radius 1 is 1.12 bits per heavy atom. The van der Waals surface area contributed by atoms with Gasteiger partial charge >= 0.3 is 6.18 Å². The first-order chi connectivity index (χ1) is 12.1. The molecule has 0 saturated carbocycles. The number of ether oxygens (including phenoxy) is 1. The molecule has 4 nitrogen and oxygen atoms in total. The molecule has 1 N–H and O–H groups in total. The highest BCUT2D eigenvalue weighted by molar-refractivity contribution is 5.98. The maximum atomic E-state index is 13.0. The number of nitrogens with one attached hydrogen (secondary N) is 1. The minimum atomic E-state index is -4.68. The molecule has 0 heterocycles. The summed E-state index contributed by atoms with van der Waals surface area (Å²) in [5, 5.41) is 11.3. The van der Waals surface area contributed by atoms with E-state index in [0.29, 0.717) is 11.3 Å². The summed E-state index contributed by atoms with van der Waals surface area (Å²) in [6.07, 6.45) is -4.68. The van der Waals surface area contributed by atoms with Crippen LogP contribution in [0.3, 0.4) is 0 Å². The van der Waals surface area contributed by atoms with Crippen molar-refractivity contribution in [3.05, 3.63) is 59.2 Å². The molecule has 0 aromatic heterocycles. The molecule has 2 aromatic rings. The average molecular weight is 362 g/mol. The van der Waals surface area contributed by atoms with Gasteiger partial charge in [0.15, 0.2) is 0 Å². The normalized spacial score (nSPS) is 11.6. The molecule has 26 heavy (non-hydrogen) atoms. The van der Waals surface area contributed by atoms with Crippen molar-refractivity contribution in [3.8, 4) is 11.8 Å². The van der Waals surface area contributed by atoms with Crippen LogP contribution in [0.5, 0.6) is 5.75 Å². The Morgan fingerprint density at radius 3 is 2.23 bits per heavy atom. The lowest BCUT2D eigenvalue weighted by Gasteiger charge is -2.24. The highest BCUT2D eigenvalue weighted by Crippen LogP contribution is 2.34. The van der Waals surface area contributed by atoms with Crippen LogP contribution in [-0.2, 0) is 16.4 Å². The van der Waals surface area contributed by atoms with E-state index in [2.05, 4.69) is 5.32 Å². The summed E-state index contributed by atoms with van der Waals surface area (Å²) in [5.74, 6) is 0.160. The topological polar surface area (TPSA) is 62.1 Å². The van der Waals surface area contributed by atoms with Crippen molar-refractivity contribution in [1.82, 2.24) is 0 Å². The number of nitrogens with zero attached hydrogens (tertiary/aromatic N) is 1. The maximum Gasteiger partial charge on any atom is 0.417 e. The Morgan fingerprint density at radius 2 is 1.73 bits per heavy atom. The molecule has 0 aliphatic rings. The molecule has 0 unspecified atom stereocenters. The molecule has 0 atom stereocenters. The third-order valence-corrected chi connectivity index (χ3v) is 4.08. The van der Waals surface area contributed by atoms with Gasteiger partial charge in [0.25, 0.3) is 0 Å². The number of methoxy groups -OCH3 is 1. The van der Waals surface area contributed by atoms with Gasteiger partial charge in [0, 0.05) is 5.69 Å². The minimum absolute atomic E-state index is 0.0251. The third kappa shape index (κ3) is 3.97.